The zero-order chi connectivity index (χ0) is 25.2. The molecule has 2 aliphatic rings. The Hall–Kier alpha value is -3.88. The molecule has 2 aromatic carbocycles. The first-order chi connectivity index (χ1) is 18.2. The van der Waals surface area contributed by atoms with E-state index in [1.165, 1.54) is 5.69 Å². The molecule has 2 aromatic heterocycles. The zero-order valence-corrected chi connectivity index (χ0v) is 21.5. The SMILES string of the molecule is COc1ccc(-n2cccc2[C@@H]2[C@@H](c3ccccn3)NC(=S)N2c2ccc(N3CCOCC3)cc2)cc1. The fourth-order valence-electron chi connectivity index (χ4n) is 5.19. The lowest BCUT2D eigenvalue weighted by Gasteiger charge is -2.31. The molecule has 1 N–H and O–H groups in total. The second-order valence-corrected chi connectivity index (χ2v) is 9.50. The average Bonchev–Trinajstić information content (AvgIpc) is 3.58. The minimum absolute atomic E-state index is 0.103. The van der Waals surface area contributed by atoms with Crippen molar-refractivity contribution in [1.29, 1.82) is 0 Å². The zero-order valence-electron chi connectivity index (χ0n) is 20.7. The van der Waals surface area contributed by atoms with Crippen LogP contribution in [0, 0.1) is 0 Å². The highest BCUT2D eigenvalue weighted by Crippen LogP contribution is 2.42. The fourth-order valence-corrected chi connectivity index (χ4v) is 5.54. The minimum atomic E-state index is -0.112. The van der Waals surface area contributed by atoms with Crippen LogP contribution in [0.3, 0.4) is 0 Å². The maximum Gasteiger partial charge on any atom is 0.174 e. The molecule has 0 radical (unpaired) electrons. The van der Waals surface area contributed by atoms with Crippen LogP contribution in [0.4, 0.5) is 11.4 Å². The molecule has 6 rings (SSSR count). The van der Waals surface area contributed by atoms with Crippen molar-refractivity contribution in [2.45, 2.75) is 12.1 Å². The number of aromatic nitrogens is 2. The van der Waals surface area contributed by atoms with E-state index in [9.17, 15) is 0 Å². The smallest absolute Gasteiger partial charge is 0.174 e. The van der Waals surface area contributed by atoms with Gasteiger partial charge in [0.2, 0.25) is 0 Å². The Morgan fingerprint density at radius 1 is 0.892 bits per heavy atom. The second-order valence-electron chi connectivity index (χ2n) is 9.11. The third kappa shape index (κ3) is 4.54. The fraction of sp³-hybridized carbons (Fsp3) is 0.241. The largest absolute Gasteiger partial charge is 0.497 e. The van der Waals surface area contributed by atoms with Crippen LogP contribution < -0.4 is 19.9 Å². The highest BCUT2D eigenvalue weighted by Gasteiger charge is 2.42. The maximum atomic E-state index is 5.94. The van der Waals surface area contributed by atoms with Gasteiger partial charge in [0.05, 0.1) is 32.1 Å². The lowest BCUT2D eigenvalue weighted by Crippen LogP contribution is -2.36. The number of hydrogen-bond acceptors (Lipinski definition) is 5. The molecule has 2 aliphatic heterocycles. The molecule has 37 heavy (non-hydrogen) atoms. The maximum absolute atomic E-state index is 5.94. The predicted octanol–water partition coefficient (Wildman–Crippen LogP) is 4.89. The van der Waals surface area contributed by atoms with Crippen molar-refractivity contribution in [3.8, 4) is 11.4 Å². The molecule has 2 saturated heterocycles. The molecule has 2 fully saturated rings. The van der Waals surface area contributed by atoms with E-state index in [4.69, 9.17) is 26.7 Å². The molecular weight excluding hydrogens is 482 g/mol. The first kappa shape index (κ1) is 23.5. The van der Waals surface area contributed by atoms with Gasteiger partial charge in [0, 0.05) is 48.2 Å². The molecule has 0 amide bonds. The number of morpholine rings is 1. The van der Waals surface area contributed by atoms with Crippen molar-refractivity contribution < 1.29 is 9.47 Å². The van der Waals surface area contributed by atoms with Crippen LogP contribution in [0.1, 0.15) is 23.5 Å². The Balaban J connectivity index is 1.40. The molecule has 0 spiro atoms. The average molecular weight is 512 g/mol. The van der Waals surface area contributed by atoms with Crippen LogP contribution in [0.2, 0.25) is 0 Å². The molecule has 0 saturated carbocycles. The highest BCUT2D eigenvalue weighted by atomic mass is 32.1. The van der Waals surface area contributed by atoms with E-state index in [0.717, 1.165) is 54.8 Å². The topological polar surface area (TPSA) is 54.8 Å². The summed E-state index contributed by atoms with van der Waals surface area (Å²) in [5.41, 5.74) is 5.36. The van der Waals surface area contributed by atoms with Gasteiger partial charge in [0.1, 0.15) is 11.8 Å². The number of anilines is 2. The van der Waals surface area contributed by atoms with Gasteiger partial charge >= 0.3 is 0 Å². The number of rotatable bonds is 6. The van der Waals surface area contributed by atoms with Gasteiger partial charge in [-0.2, -0.15) is 0 Å². The summed E-state index contributed by atoms with van der Waals surface area (Å²) in [5, 5.41) is 4.25. The molecule has 8 heteroatoms. The summed E-state index contributed by atoms with van der Waals surface area (Å²) in [7, 11) is 1.68. The Morgan fingerprint density at radius 3 is 2.32 bits per heavy atom. The van der Waals surface area contributed by atoms with E-state index >= 15 is 0 Å². The number of hydrogen-bond donors (Lipinski definition) is 1. The highest BCUT2D eigenvalue weighted by molar-refractivity contribution is 7.80. The summed E-state index contributed by atoms with van der Waals surface area (Å²) in [5.74, 6) is 0.828. The Bertz CT molecular complexity index is 1350. The summed E-state index contributed by atoms with van der Waals surface area (Å²) >= 11 is 5.94. The van der Waals surface area contributed by atoms with Crippen LogP contribution in [0.15, 0.2) is 91.3 Å². The Labute approximate surface area is 222 Å². The van der Waals surface area contributed by atoms with Crippen LogP contribution >= 0.6 is 12.2 Å². The monoisotopic (exact) mass is 511 g/mol. The van der Waals surface area contributed by atoms with Crippen LogP contribution in [0.5, 0.6) is 5.75 Å². The number of nitrogens with zero attached hydrogens (tertiary/aromatic N) is 4. The first-order valence-electron chi connectivity index (χ1n) is 12.5. The molecule has 7 nitrogen and oxygen atoms in total. The van der Waals surface area contributed by atoms with E-state index in [1.807, 2.05) is 30.5 Å². The second kappa shape index (κ2) is 10.2. The standard InChI is InChI=1S/C29H29N5O2S/c1-35-24-13-11-22(12-14-24)33-16-4-6-26(33)28-27(25-5-2-3-15-30-25)31-29(37)34(28)23-9-7-21(8-10-23)32-17-19-36-20-18-32/h2-16,27-28H,17-20H2,1H3,(H,31,37)/t27-,28-/m1/s1. The van der Waals surface area contributed by atoms with Crippen molar-refractivity contribution in [3.63, 3.8) is 0 Å². The van der Waals surface area contributed by atoms with Crippen LogP contribution in [0.25, 0.3) is 5.69 Å². The first-order valence-corrected chi connectivity index (χ1v) is 12.9. The van der Waals surface area contributed by atoms with E-state index in [-0.39, 0.29) is 12.1 Å². The van der Waals surface area contributed by atoms with Crippen LogP contribution in [-0.4, -0.2) is 48.1 Å². The van der Waals surface area contributed by atoms with Gasteiger partial charge in [-0.15, -0.1) is 0 Å². The minimum Gasteiger partial charge on any atom is -0.497 e. The van der Waals surface area contributed by atoms with E-state index in [0.29, 0.717) is 5.11 Å². The van der Waals surface area contributed by atoms with Crippen molar-refractivity contribution in [3.05, 3.63) is 103 Å². The van der Waals surface area contributed by atoms with Gasteiger partial charge in [-0.3, -0.25) is 4.98 Å². The van der Waals surface area contributed by atoms with Crippen molar-refractivity contribution in [2.24, 2.45) is 0 Å². The molecule has 0 unspecified atom stereocenters. The predicted molar refractivity (Wildman–Crippen MR) is 150 cm³/mol. The lowest BCUT2D eigenvalue weighted by molar-refractivity contribution is 0.122. The molecule has 0 bridgehead atoms. The number of methoxy groups -OCH3 is 1. The number of benzene rings is 2. The number of ether oxygens (including phenoxy) is 2. The summed E-state index contributed by atoms with van der Waals surface area (Å²) in [4.78, 5) is 9.26. The molecule has 4 aromatic rings. The molecule has 0 aliphatic carbocycles. The number of thiocarbonyl (C=S) groups is 1. The number of nitrogens with one attached hydrogen (secondary N) is 1. The summed E-state index contributed by atoms with van der Waals surface area (Å²) < 4.78 is 13.1. The molecule has 188 valence electrons. The quantitative estimate of drug-likeness (QED) is 0.370. The van der Waals surface area contributed by atoms with E-state index in [2.05, 4.69) is 80.5 Å². The lowest BCUT2D eigenvalue weighted by atomic mass is 10.0. The summed E-state index contributed by atoms with van der Waals surface area (Å²) in [6, 6.07) is 26.8. The third-order valence-corrected chi connectivity index (χ3v) is 7.35. The molecule has 4 heterocycles. The summed E-state index contributed by atoms with van der Waals surface area (Å²) in [6.45, 7) is 3.34. The molecule has 2 atom stereocenters. The van der Waals surface area contributed by atoms with Gasteiger partial charge < -0.3 is 29.2 Å². The number of pyridine rings is 1. The normalized spacial score (nSPS) is 19.6. The third-order valence-electron chi connectivity index (χ3n) is 7.04. The van der Waals surface area contributed by atoms with Crippen molar-refractivity contribution in [1.82, 2.24) is 14.9 Å². The van der Waals surface area contributed by atoms with Gasteiger partial charge in [-0.25, -0.2) is 0 Å². The Kier molecular flexibility index (Phi) is 6.51. The van der Waals surface area contributed by atoms with Gasteiger partial charge in [0.15, 0.2) is 5.11 Å². The van der Waals surface area contributed by atoms with Crippen LogP contribution in [-0.2, 0) is 4.74 Å². The van der Waals surface area contributed by atoms with Crippen molar-refractivity contribution >= 4 is 28.7 Å². The summed E-state index contributed by atoms with van der Waals surface area (Å²) in [6.07, 6.45) is 3.92. The van der Waals surface area contributed by atoms with E-state index < -0.39 is 0 Å². The van der Waals surface area contributed by atoms with E-state index in [1.54, 1.807) is 7.11 Å². The van der Waals surface area contributed by atoms with Gasteiger partial charge in [0.25, 0.3) is 0 Å². The van der Waals surface area contributed by atoms with Crippen molar-refractivity contribution in [2.75, 3.05) is 43.2 Å². The van der Waals surface area contributed by atoms with Gasteiger partial charge in [-0.1, -0.05) is 6.07 Å². The van der Waals surface area contributed by atoms with Gasteiger partial charge in [-0.05, 0) is 85.0 Å². The Morgan fingerprint density at radius 2 is 1.62 bits per heavy atom. The molecular formula is C29H29N5O2S.